The van der Waals surface area contributed by atoms with E-state index < -0.39 is 26.8 Å². The van der Waals surface area contributed by atoms with Gasteiger partial charge in [-0.2, -0.15) is 10.1 Å². The molecule has 0 N–H and O–H groups in total. The minimum absolute atomic E-state index is 0.175. The number of methoxy groups -OCH3 is 1. The second kappa shape index (κ2) is 10.5. The molecule has 12 nitrogen and oxygen atoms in total. The SMILES string of the molecule is COc1ncnc(C)c1-n1c(CS(=O)(=O)[C@@H](C)[C@H](C)c2ncc(Cl)cn2)nnc1-c1nn(C)c2ccc(C)cc12. The highest BCUT2D eigenvalue weighted by Crippen LogP contribution is 2.34. The second-order valence-corrected chi connectivity index (χ2v) is 12.4. The number of benzene rings is 1. The molecule has 0 aliphatic rings. The number of sulfone groups is 1. The van der Waals surface area contributed by atoms with E-state index in [0.717, 1.165) is 16.5 Å². The molecule has 0 saturated heterocycles. The largest absolute Gasteiger partial charge is 0.479 e. The highest BCUT2D eigenvalue weighted by Gasteiger charge is 2.33. The lowest BCUT2D eigenvalue weighted by atomic mass is 10.1. The quantitative estimate of drug-likeness (QED) is 0.265. The van der Waals surface area contributed by atoms with Gasteiger partial charge in [-0.1, -0.05) is 30.2 Å². The van der Waals surface area contributed by atoms with Crippen LogP contribution in [0.25, 0.3) is 28.1 Å². The smallest absolute Gasteiger partial charge is 0.241 e. The van der Waals surface area contributed by atoms with Crippen molar-refractivity contribution in [1.29, 1.82) is 0 Å². The Morgan fingerprint density at radius 3 is 2.48 bits per heavy atom. The fourth-order valence-electron chi connectivity index (χ4n) is 4.58. The summed E-state index contributed by atoms with van der Waals surface area (Å²) in [6, 6.07) is 5.99. The van der Waals surface area contributed by atoms with E-state index in [9.17, 15) is 8.42 Å². The van der Waals surface area contributed by atoms with Gasteiger partial charge in [0, 0.05) is 30.7 Å². The van der Waals surface area contributed by atoms with Crippen LogP contribution in [0.3, 0.4) is 0 Å². The first-order chi connectivity index (χ1) is 19.0. The van der Waals surface area contributed by atoms with Gasteiger partial charge < -0.3 is 4.74 Å². The Morgan fingerprint density at radius 2 is 1.77 bits per heavy atom. The molecule has 0 aliphatic carbocycles. The van der Waals surface area contributed by atoms with E-state index in [-0.39, 0.29) is 11.7 Å². The molecule has 1 aromatic carbocycles. The molecule has 40 heavy (non-hydrogen) atoms. The monoisotopic (exact) mass is 581 g/mol. The summed E-state index contributed by atoms with van der Waals surface area (Å²) in [5.41, 5.74) is 3.46. The molecule has 0 spiro atoms. The fourth-order valence-corrected chi connectivity index (χ4v) is 6.24. The predicted octanol–water partition coefficient (Wildman–Crippen LogP) is 3.79. The maximum atomic E-state index is 13.8. The van der Waals surface area contributed by atoms with Crippen molar-refractivity contribution in [2.45, 2.75) is 44.6 Å². The van der Waals surface area contributed by atoms with Crippen molar-refractivity contribution < 1.29 is 13.2 Å². The van der Waals surface area contributed by atoms with Gasteiger partial charge in [0.05, 0.1) is 28.6 Å². The van der Waals surface area contributed by atoms with Gasteiger partial charge in [-0.15, -0.1) is 10.2 Å². The Balaban J connectivity index is 1.67. The van der Waals surface area contributed by atoms with E-state index in [1.54, 1.807) is 30.0 Å². The van der Waals surface area contributed by atoms with E-state index in [1.807, 2.05) is 32.2 Å². The lowest BCUT2D eigenvalue weighted by Crippen LogP contribution is -2.27. The molecule has 0 fully saturated rings. The van der Waals surface area contributed by atoms with Gasteiger partial charge in [0.2, 0.25) is 5.88 Å². The average Bonchev–Trinajstić information content (AvgIpc) is 3.47. The van der Waals surface area contributed by atoms with Gasteiger partial charge in [0.1, 0.15) is 29.3 Å². The summed E-state index contributed by atoms with van der Waals surface area (Å²) in [7, 11) is -0.463. The van der Waals surface area contributed by atoms with E-state index in [0.29, 0.717) is 33.7 Å². The van der Waals surface area contributed by atoms with Crippen LogP contribution in [-0.4, -0.2) is 65.3 Å². The molecule has 208 valence electrons. The average molecular weight is 582 g/mol. The molecule has 0 saturated carbocycles. The van der Waals surface area contributed by atoms with Crippen LogP contribution in [0.15, 0.2) is 36.9 Å². The van der Waals surface area contributed by atoms with Gasteiger partial charge in [-0.05, 0) is 32.9 Å². The molecule has 0 amide bonds. The third-order valence-corrected chi connectivity index (χ3v) is 9.38. The summed E-state index contributed by atoms with van der Waals surface area (Å²) in [4.78, 5) is 17.0. The second-order valence-electron chi connectivity index (χ2n) is 9.65. The zero-order chi connectivity index (χ0) is 28.8. The first-order valence-electron chi connectivity index (χ1n) is 12.4. The van der Waals surface area contributed by atoms with Gasteiger partial charge in [-0.3, -0.25) is 9.25 Å². The van der Waals surface area contributed by atoms with Crippen LogP contribution in [0.5, 0.6) is 5.88 Å². The predicted molar refractivity (Wildman–Crippen MR) is 150 cm³/mol. The summed E-state index contributed by atoms with van der Waals surface area (Å²) >= 11 is 5.92. The molecule has 4 aromatic heterocycles. The summed E-state index contributed by atoms with van der Waals surface area (Å²) in [5, 5.41) is 13.9. The lowest BCUT2D eigenvalue weighted by molar-refractivity contribution is 0.394. The van der Waals surface area contributed by atoms with Gasteiger partial charge in [0.15, 0.2) is 21.5 Å². The van der Waals surface area contributed by atoms with Crippen LogP contribution < -0.4 is 4.74 Å². The fraction of sp³-hybridized carbons (Fsp3) is 0.346. The van der Waals surface area contributed by atoms with Crippen LogP contribution in [0.2, 0.25) is 5.02 Å². The number of rotatable bonds is 8. The number of hydrogen-bond donors (Lipinski definition) is 0. The Bertz CT molecular complexity index is 1820. The number of hydrogen-bond acceptors (Lipinski definition) is 10. The van der Waals surface area contributed by atoms with Gasteiger partial charge >= 0.3 is 0 Å². The van der Waals surface area contributed by atoms with Gasteiger partial charge in [-0.25, -0.2) is 23.4 Å². The summed E-state index contributed by atoms with van der Waals surface area (Å²) in [5.74, 6) is 0.233. The molecular weight excluding hydrogens is 554 g/mol. The van der Waals surface area contributed by atoms with E-state index in [4.69, 9.17) is 21.4 Å². The molecule has 14 heteroatoms. The van der Waals surface area contributed by atoms with Crippen molar-refractivity contribution in [2.24, 2.45) is 7.05 Å². The maximum absolute atomic E-state index is 13.8. The van der Waals surface area contributed by atoms with Crippen LogP contribution >= 0.6 is 11.6 Å². The normalized spacial score (nSPS) is 13.5. The first kappa shape index (κ1) is 27.6. The van der Waals surface area contributed by atoms with Crippen molar-refractivity contribution in [3.63, 3.8) is 0 Å². The topological polar surface area (TPSA) is 143 Å². The molecule has 5 aromatic rings. The zero-order valence-corrected chi connectivity index (χ0v) is 24.4. The molecule has 0 bridgehead atoms. The van der Waals surface area contributed by atoms with Crippen molar-refractivity contribution in [1.82, 2.24) is 44.5 Å². The molecule has 0 aliphatic heterocycles. The number of nitrogens with zero attached hydrogens (tertiary/aromatic N) is 9. The molecule has 4 heterocycles. The first-order valence-corrected chi connectivity index (χ1v) is 14.5. The Morgan fingerprint density at radius 1 is 1.05 bits per heavy atom. The number of aromatic nitrogens is 9. The highest BCUT2D eigenvalue weighted by molar-refractivity contribution is 7.91. The lowest BCUT2D eigenvalue weighted by Gasteiger charge is -2.20. The summed E-state index contributed by atoms with van der Waals surface area (Å²) < 4.78 is 36.5. The zero-order valence-electron chi connectivity index (χ0n) is 22.9. The maximum Gasteiger partial charge on any atom is 0.241 e. The van der Waals surface area contributed by atoms with Crippen molar-refractivity contribution in [3.05, 3.63) is 64.8 Å². The highest BCUT2D eigenvalue weighted by atomic mass is 35.5. The standard InChI is InChI=1S/C26H28ClN9O3S/c1-14-7-8-20-19(9-14)22(34-35(20)5)25-33-32-21(36(25)23-16(3)30-13-31-26(23)39-6)12-40(37,38)17(4)15(2)24-28-10-18(27)11-29-24/h7-11,13,15,17H,12H2,1-6H3/t15-,17-/m0/s1. The summed E-state index contributed by atoms with van der Waals surface area (Å²) in [6.45, 7) is 7.17. The number of halogens is 1. The van der Waals surface area contributed by atoms with Crippen LogP contribution in [-0.2, 0) is 22.6 Å². The van der Waals surface area contributed by atoms with Crippen molar-refractivity contribution in [2.75, 3.05) is 7.11 Å². The van der Waals surface area contributed by atoms with Crippen molar-refractivity contribution >= 4 is 32.3 Å². The van der Waals surface area contributed by atoms with E-state index in [2.05, 4.69) is 30.1 Å². The van der Waals surface area contributed by atoms with Crippen molar-refractivity contribution in [3.8, 4) is 23.1 Å². The third kappa shape index (κ3) is 4.90. The van der Waals surface area contributed by atoms with Crippen LogP contribution in [0, 0.1) is 13.8 Å². The Hall–Kier alpha value is -3.97. The van der Waals surface area contributed by atoms with E-state index in [1.165, 1.54) is 25.8 Å². The minimum atomic E-state index is -3.79. The number of ether oxygens (including phenoxy) is 1. The Labute approximate surface area is 236 Å². The molecular formula is C26H28ClN9O3S. The van der Waals surface area contributed by atoms with E-state index >= 15 is 0 Å². The van der Waals surface area contributed by atoms with Crippen LogP contribution in [0.1, 0.15) is 42.7 Å². The molecule has 2 atom stereocenters. The summed E-state index contributed by atoms with van der Waals surface area (Å²) in [6.07, 6.45) is 4.28. The third-order valence-electron chi connectivity index (χ3n) is 6.98. The van der Waals surface area contributed by atoms with Crippen LogP contribution in [0.4, 0.5) is 0 Å². The molecule has 5 rings (SSSR count). The number of fused-ring (bicyclic) bond motifs is 1. The molecule has 0 radical (unpaired) electrons. The minimum Gasteiger partial charge on any atom is -0.479 e. The Kier molecular flexibility index (Phi) is 7.27. The molecule has 0 unspecified atom stereocenters. The van der Waals surface area contributed by atoms with Gasteiger partial charge in [0.25, 0.3) is 0 Å². The number of aryl methyl sites for hydroxylation is 3.